The lowest BCUT2D eigenvalue weighted by molar-refractivity contribution is -0.108. The number of hydrogen-bond acceptors (Lipinski definition) is 6. The summed E-state index contributed by atoms with van der Waals surface area (Å²) in [5, 5.41) is 11.1. The minimum Gasteiger partial charge on any atom is -0.516 e. The predicted octanol–water partition coefficient (Wildman–Crippen LogP) is 11.6. The van der Waals surface area contributed by atoms with E-state index < -0.39 is 0 Å². The summed E-state index contributed by atoms with van der Waals surface area (Å²) in [6, 6.07) is 8.48. The number of carbonyl (C=O) groups is 1. The van der Waals surface area contributed by atoms with E-state index in [1.165, 1.54) is 11.1 Å². The molecule has 51 heavy (non-hydrogen) atoms. The van der Waals surface area contributed by atoms with Gasteiger partial charge in [-0.05, 0) is 87.6 Å². The third-order valence-electron chi connectivity index (χ3n) is 6.96. The van der Waals surface area contributed by atoms with E-state index in [1.54, 1.807) is 13.0 Å². The average Bonchev–Trinajstić information content (AvgIpc) is 3.97. The Labute approximate surface area is 312 Å². The summed E-state index contributed by atoms with van der Waals surface area (Å²) in [4.78, 5) is 21.4. The molecule has 1 aliphatic heterocycles. The molecule has 1 aromatic heterocycles. The van der Waals surface area contributed by atoms with Gasteiger partial charge in [0.05, 0.1) is 30.4 Å². The number of nitrogens with zero attached hydrogens (tertiary/aromatic N) is 3. The lowest BCUT2D eigenvalue weighted by Crippen LogP contribution is -2.32. The molecule has 0 radical (unpaired) electrons. The first-order chi connectivity index (χ1) is 24.3. The molecule has 0 unspecified atom stereocenters. The second-order valence-corrected chi connectivity index (χ2v) is 13.2. The van der Waals surface area contributed by atoms with Gasteiger partial charge in [-0.1, -0.05) is 93.2 Å². The van der Waals surface area contributed by atoms with Crippen molar-refractivity contribution in [2.24, 2.45) is 16.3 Å². The number of hydrogen-bond donors (Lipinski definition) is 2. The number of aliphatic hydroxyl groups is 1. The number of aromatic nitrogens is 1. The first-order valence-electron chi connectivity index (χ1n) is 18.5. The number of allylic oxidation sites excluding steroid dienone is 2. The monoisotopic (exact) mass is 703 g/mol. The van der Waals surface area contributed by atoms with E-state index in [2.05, 4.69) is 93.5 Å². The lowest BCUT2D eigenvalue weighted by Gasteiger charge is -2.32. The number of aldehydes is 1. The zero-order valence-corrected chi connectivity index (χ0v) is 34.3. The zero-order chi connectivity index (χ0) is 39.4. The van der Waals surface area contributed by atoms with Gasteiger partial charge >= 0.3 is 0 Å². The van der Waals surface area contributed by atoms with Crippen LogP contribution in [0.15, 0.2) is 71.7 Å². The molecule has 284 valence electrons. The molecule has 0 bridgehead atoms. The Bertz CT molecular complexity index is 1380. The highest BCUT2D eigenvalue weighted by molar-refractivity contribution is 5.94. The number of carbonyl (C=O) groups excluding carboxylic acids is 1. The summed E-state index contributed by atoms with van der Waals surface area (Å²) in [6.07, 6.45) is 17.5. The number of aryl methyl sites for hydroxylation is 1. The highest BCUT2D eigenvalue weighted by Crippen LogP contribution is 2.31. The molecule has 2 aliphatic rings. The normalized spacial score (nSPS) is 13.5. The first-order valence-corrected chi connectivity index (χ1v) is 18.5. The van der Waals surface area contributed by atoms with Crippen molar-refractivity contribution in [3.8, 4) is 18.2 Å². The third kappa shape index (κ3) is 22.2. The maximum Gasteiger partial charge on any atom is 0.216 e. The predicted molar refractivity (Wildman–Crippen MR) is 223 cm³/mol. The van der Waals surface area contributed by atoms with E-state index in [9.17, 15) is 4.79 Å². The van der Waals surface area contributed by atoms with Crippen molar-refractivity contribution < 1.29 is 14.6 Å². The number of pyridine rings is 1. The number of aliphatic hydroxyl groups excluding tert-OH is 1. The Hall–Kier alpha value is -4.31. The van der Waals surface area contributed by atoms with Gasteiger partial charge in [0.2, 0.25) is 5.88 Å². The van der Waals surface area contributed by atoms with Crippen molar-refractivity contribution in [3.63, 3.8) is 0 Å². The zero-order valence-electron chi connectivity index (χ0n) is 34.3. The van der Waals surface area contributed by atoms with Gasteiger partial charge in [0.1, 0.15) is 18.7 Å². The van der Waals surface area contributed by atoms with Crippen LogP contribution < -0.4 is 15.0 Å². The molecular formula is C44H70N4O3. The molecule has 7 nitrogen and oxygen atoms in total. The fraction of sp³-hybridized carbons (Fsp3) is 0.523. The molecule has 0 saturated heterocycles. The standard InChI is InChI=1S/C28H34N4O.C5H12.C4H6O.C3H6O.2C2H6/c1-7-10-17-33-28-21(5)20(4)27(18-29-28)32-16-15-24(9-3)26(19-32)31-22(6)30-25-13-11-23(8-2)12-14-25;1-5(2,3)4;5-3-4-1-2-4;1-2-3-4;2*1-2/h1,9,11-14,18H,3,8,10,15-17,19H2,2,4-6H3,(H,30,31);1-4H3;3-4H,1-2H2;2-4H,1H3;2*1-2H3. The number of benzene rings is 1. The van der Waals surface area contributed by atoms with Gasteiger partial charge in [-0.2, -0.15) is 0 Å². The molecule has 0 spiro atoms. The van der Waals surface area contributed by atoms with Gasteiger partial charge in [-0.25, -0.2) is 9.98 Å². The van der Waals surface area contributed by atoms with Crippen LogP contribution in [0.2, 0.25) is 0 Å². The number of amidine groups is 1. The van der Waals surface area contributed by atoms with Gasteiger partial charge in [0.25, 0.3) is 0 Å². The molecular weight excluding hydrogens is 633 g/mol. The fourth-order valence-corrected chi connectivity index (χ4v) is 4.13. The SMILES string of the molecule is C#CCCOc1ncc(N2CCC(C=C)=C(N=C(C)Nc3ccc(CC)cc3)C2)c(C)c1C.CC.CC.CC(C)(C)C.CC=CO.O=CC1CC1. The van der Waals surface area contributed by atoms with Crippen molar-refractivity contribution in [3.05, 3.63) is 83.4 Å². The summed E-state index contributed by atoms with van der Waals surface area (Å²) in [5.74, 6) is 4.56. The molecule has 0 atom stereocenters. The quantitative estimate of drug-likeness (QED) is 0.0675. The van der Waals surface area contributed by atoms with Crippen LogP contribution in [0.25, 0.3) is 0 Å². The number of ether oxygens (including phenoxy) is 1. The van der Waals surface area contributed by atoms with Crippen LogP contribution in [0.5, 0.6) is 5.88 Å². The second kappa shape index (κ2) is 28.4. The highest BCUT2D eigenvalue weighted by atomic mass is 16.5. The molecule has 1 fully saturated rings. The maximum absolute atomic E-state index is 9.57. The molecule has 0 amide bonds. The summed E-state index contributed by atoms with van der Waals surface area (Å²) in [7, 11) is 0. The van der Waals surface area contributed by atoms with Gasteiger partial charge < -0.3 is 24.9 Å². The van der Waals surface area contributed by atoms with E-state index >= 15 is 0 Å². The summed E-state index contributed by atoms with van der Waals surface area (Å²) < 4.78 is 5.75. The largest absolute Gasteiger partial charge is 0.516 e. The van der Waals surface area contributed by atoms with Crippen LogP contribution in [-0.2, 0) is 11.2 Å². The van der Waals surface area contributed by atoms with Crippen LogP contribution in [0.3, 0.4) is 0 Å². The molecule has 2 heterocycles. The molecule has 7 heteroatoms. The van der Waals surface area contributed by atoms with E-state index in [4.69, 9.17) is 21.3 Å². The Morgan fingerprint density at radius 1 is 1.14 bits per heavy atom. The molecule has 1 aliphatic carbocycles. The van der Waals surface area contributed by atoms with Crippen LogP contribution in [-0.4, -0.2) is 41.9 Å². The minimum atomic E-state index is 0.454. The first kappa shape index (κ1) is 48.8. The lowest BCUT2D eigenvalue weighted by atomic mass is 10.0. The smallest absolute Gasteiger partial charge is 0.216 e. The topological polar surface area (TPSA) is 87.1 Å². The third-order valence-corrected chi connectivity index (χ3v) is 6.96. The molecule has 4 rings (SSSR count). The van der Waals surface area contributed by atoms with Gasteiger partial charge in [0.15, 0.2) is 0 Å². The Morgan fingerprint density at radius 2 is 1.71 bits per heavy atom. The van der Waals surface area contributed by atoms with Crippen molar-refractivity contribution in [2.75, 3.05) is 29.9 Å². The van der Waals surface area contributed by atoms with Crippen LogP contribution in [0, 0.1) is 37.5 Å². The van der Waals surface area contributed by atoms with E-state index in [1.807, 2.05) is 53.8 Å². The van der Waals surface area contributed by atoms with Crippen LogP contribution in [0.1, 0.15) is 119 Å². The number of anilines is 2. The van der Waals surface area contributed by atoms with Crippen molar-refractivity contribution in [1.82, 2.24) is 4.98 Å². The molecule has 2 aromatic rings. The number of rotatable bonds is 9. The summed E-state index contributed by atoms with van der Waals surface area (Å²) >= 11 is 0. The van der Waals surface area contributed by atoms with Crippen molar-refractivity contribution in [1.29, 1.82) is 0 Å². The van der Waals surface area contributed by atoms with Gasteiger partial charge in [0, 0.05) is 30.1 Å². The van der Waals surface area contributed by atoms with E-state index in [0.29, 0.717) is 36.8 Å². The number of terminal acetylenes is 1. The molecule has 1 aromatic carbocycles. The van der Waals surface area contributed by atoms with Gasteiger partial charge in [-0.15, -0.1) is 12.3 Å². The number of nitrogens with one attached hydrogen (secondary N) is 1. The van der Waals surface area contributed by atoms with Crippen LogP contribution >= 0.6 is 0 Å². The van der Waals surface area contributed by atoms with E-state index in [0.717, 1.165) is 78.8 Å². The van der Waals surface area contributed by atoms with Crippen molar-refractivity contribution in [2.45, 2.75) is 122 Å². The van der Waals surface area contributed by atoms with Crippen molar-refractivity contribution >= 4 is 23.5 Å². The fourth-order valence-electron chi connectivity index (χ4n) is 4.13. The van der Waals surface area contributed by atoms with Gasteiger partial charge in [-0.3, -0.25) is 0 Å². The number of aliphatic imine (C=N–C) groups is 1. The average molecular weight is 703 g/mol. The maximum atomic E-state index is 9.57. The summed E-state index contributed by atoms with van der Waals surface area (Å²) in [5.41, 5.74) is 8.38. The second-order valence-electron chi connectivity index (χ2n) is 13.2. The Morgan fingerprint density at radius 3 is 2.14 bits per heavy atom. The van der Waals surface area contributed by atoms with E-state index in [-0.39, 0.29) is 0 Å². The molecule has 2 N–H and O–H groups in total. The Kier molecular flexibility index (Phi) is 27.2. The summed E-state index contributed by atoms with van der Waals surface area (Å²) in [6.45, 7) is 32.9. The highest BCUT2D eigenvalue weighted by Gasteiger charge is 2.21. The minimum absolute atomic E-state index is 0.454. The Balaban J connectivity index is 0. The molecule has 1 saturated carbocycles. The van der Waals surface area contributed by atoms with Crippen LogP contribution in [0.4, 0.5) is 11.4 Å².